The molecule has 1 aromatic rings. The smallest absolute Gasteiger partial charge is 0.118 e. The predicted molar refractivity (Wildman–Crippen MR) is 73.8 cm³/mol. The van der Waals surface area contributed by atoms with Gasteiger partial charge in [0.05, 0.1) is 0 Å². The molecule has 0 saturated heterocycles. The Kier molecular flexibility index (Phi) is 4.40. The maximum Gasteiger partial charge on any atom is 0.118 e. The molecule has 3 nitrogen and oxygen atoms in total. The van der Waals surface area contributed by atoms with Crippen LogP contribution in [0, 0.1) is 13.8 Å². The molecule has 0 aliphatic carbocycles. The molecule has 0 fully saturated rings. The number of anilines is 1. The fraction of sp³-hybridized carbons (Fsp3) is 0.571. The van der Waals surface area contributed by atoms with Crippen molar-refractivity contribution in [2.24, 2.45) is 0 Å². The largest absolute Gasteiger partial charge is 0.508 e. The maximum absolute atomic E-state index is 9.56. The topological polar surface area (TPSA) is 44.3 Å². The van der Waals surface area contributed by atoms with Crippen LogP contribution in [0.3, 0.4) is 0 Å². The van der Waals surface area contributed by atoms with Crippen molar-refractivity contribution in [3.63, 3.8) is 0 Å². The monoisotopic (exact) mass is 236 g/mol. The molecule has 0 atom stereocenters. The van der Waals surface area contributed by atoms with Crippen molar-refractivity contribution in [1.29, 1.82) is 0 Å². The molecule has 0 aromatic heterocycles. The van der Waals surface area contributed by atoms with Crippen LogP contribution in [-0.2, 0) is 0 Å². The highest BCUT2D eigenvalue weighted by Gasteiger charge is 2.07. The minimum absolute atomic E-state index is 0.154. The van der Waals surface area contributed by atoms with E-state index < -0.39 is 0 Å². The first-order valence-corrected chi connectivity index (χ1v) is 6.09. The Balaban J connectivity index is 2.50. The van der Waals surface area contributed by atoms with Crippen molar-refractivity contribution in [2.75, 3.05) is 18.4 Å². The highest BCUT2D eigenvalue weighted by atomic mass is 16.3. The van der Waals surface area contributed by atoms with Crippen LogP contribution in [0.1, 0.15) is 31.9 Å². The number of nitrogens with one attached hydrogen (secondary N) is 2. The molecule has 1 aromatic carbocycles. The van der Waals surface area contributed by atoms with Gasteiger partial charge in [-0.3, -0.25) is 0 Å². The van der Waals surface area contributed by atoms with Crippen LogP contribution in [0.5, 0.6) is 5.75 Å². The third-order valence-corrected chi connectivity index (χ3v) is 2.64. The molecule has 17 heavy (non-hydrogen) atoms. The number of hydrogen-bond donors (Lipinski definition) is 3. The molecule has 0 heterocycles. The summed E-state index contributed by atoms with van der Waals surface area (Å²) in [5.41, 5.74) is 3.23. The van der Waals surface area contributed by atoms with Gasteiger partial charge < -0.3 is 15.7 Å². The minimum Gasteiger partial charge on any atom is -0.508 e. The zero-order valence-electron chi connectivity index (χ0n) is 11.5. The van der Waals surface area contributed by atoms with E-state index in [1.54, 1.807) is 6.07 Å². The summed E-state index contributed by atoms with van der Waals surface area (Å²) < 4.78 is 0. The van der Waals surface area contributed by atoms with E-state index in [1.807, 2.05) is 19.9 Å². The average molecular weight is 236 g/mol. The van der Waals surface area contributed by atoms with Crippen LogP contribution in [0.25, 0.3) is 0 Å². The molecule has 0 radical (unpaired) electrons. The van der Waals surface area contributed by atoms with Gasteiger partial charge in [-0.2, -0.15) is 0 Å². The van der Waals surface area contributed by atoms with Gasteiger partial charge in [0.15, 0.2) is 0 Å². The SMILES string of the molecule is Cc1cc(NCCNC(C)(C)C)c(C)cc1O. The van der Waals surface area contributed by atoms with Gasteiger partial charge in [-0.15, -0.1) is 0 Å². The number of aromatic hydroxyl groups is 1. The highest BCUT2D eigenvalue weighted by Crippen LogP contribution is 2.24. The van der Waals surface area contributed by atoms with Crippen LogP contribution in [0.15, 0.2) is 12.1 Å². The Labute approximate surface area is 104 Å². The first kappa shape index (κ1) is 13.8. The third-order valence-electron chi connectivity index (χ3n) is 2.64. The van der Waals surface area contributed by atoms with E-state index in [1.165, 1.54) is 0 Å². The van der Waals surface area contributed by atoms with Gasteiger partial charge in [0.1, 0.15) is 5.75 Å². The van der Waals surface area contributed by atoms with Gasteiger partial charge >= 0.3 is 0 Å². The van der Waals surface area contributed by atoms with Crippen LogP contribution in [-0.4, -0.2) is 23.7 Å². The third kappa shape index (κ3) is 4.65. The van der Waals surface area contributed by atoms with Gasteiger partial charge in [0.2, 0.25) is 0 Å². The van der Waals surface area contributed by atoms with Gasteiger partial charge in [0.25, 0.3) is 0 Å². The lowest BCUT2D eigenvalue weighted by molar-refractivity contribution is 0.435. The number of phenolic OH excluding ortho intramolecular Hbond substituents is 1. The van der Waals surface area contributed by atoms with Crippen molar-refractivity contribution in [1.82, 2.24) is 5.32 Å². The number of hydrogen-bond acceptors (Lipinski definition) is 3. The predicted octanol–water partition coefficient (Wildman–Crippen LogP) is 2.81. The average Bonchev–Trinajstić information content (AvgIpc) is 2.18. The summed E-state index contributed by atoms with van der Waals surface area (Å²) in [6.07, 6.45) is 0. The minimum atomic E-state index is 0.154. The summed E-state index contributed by atoms with van der Waals surface area (Å²) in [4.78, 5) is 0. The fourth-order valence-electron chi connectivity index (χ4n) is 1.63. The maximum atomic E-state index is 9.56. The normalized spacial score (nSPS) is 11.6. The Morgan fingerprint density at radius 3 is 2.29 bits per heavy atom. The molecule has 0 spiro atoms. The van der Waals surface area contributed by atoms with Crippen molar-refractivity contribution < 1.29 is 5.11 Å². The van der Waals surface area contributed by atoms with E-state index in [0.29, 0.717) is 5.75 Å². The molecule has 0 aliphatic heterocycles. The first-order chi connectivity index (χ1) is 7.79. The summed E-state index contributed by atoms with van der Waals surface area (Å²) >= 11 is 0. The summed E-state index contributed by atoms with van der Waals surface area (Å²) in [6.45, 7) is 12.2. The second-order valence-corrected chi connectivity index (χ2v) is 5.56. The Hall–Kier alpha value is -1.22. The molecule has 1 rings (SSSR count). The second kappa shape index (κ2) is 5.41. The molecule has 3 N–H and O–H groups in total. The van der Waals surface area contributed by atoms with E-state index in [-0.39, 0.29) is 5.54 Å². The Morgan fingerprint density at radius 2 is 1.71 bits per heavy atom. The van der Waals surface area contributed by atoms with E-state index >= 15 is 0 Å². The van der Waals surface area contributed by atoms with Crippen molar-refractivity contribution >= 4 is 5.69 Å². The zero-order chi connectivity index (χ0) is 13.1. The molecule has 96 valence electrons. The van der Waals surface area contributed by atoms with Crippen LogP contribution >= 0.6 is 0 Å². The Morgan fingerprint density at radius 1 is 1.06 bits per heavy atom. The highest BCUT2D eigenvalue weighted by molar-refractivity contribution is 5.56. The Bertz CT molecular complexity index is 381. The van der Waals surface area contributed by atoms with Crippen LogP contribution in [0.2, 0.25) is 0 Å². The second-order valence-electron chi connectivity index (χ2n) is 5.56. The lowest BCUT2D eigenvalue weighted by atomic mass is 10.1. The number of phenols is 1. The summed E-state index contributed by atoms with van der Waals surface area (Å²) in [6, 6.07) is 3.79. The molecule has 0 bridgehead atoms. The molecule has 0 unspecified atom stereocenters. The van der Waals surface area contributed by atoms with Crippen molar-refractivity contribution in [3.8, 4) is 5.75 Å². The summed E-state index contributed by atoms with van der Waals surface area (Å²) in [5, 5.41) is 16.4. The number of aryl methyl sites for hydroxylation is 2. The zero-order valence-corrected chi connectivity index (χ0v) is 11.5. The van der Waals surface area contributed by atoms with Gasteiger partial charge in [-0.05, 0) is 57.9 Å². The van der Waals surface area contributed by atoms with Crippen LogP contribution < -0.4 is 10.6 Å². The summed E-state index contributed by atoms with van der Waals surface area (Å²) in [5.74, 6) is 0.362. The molecular formula is C14H24N2O. The van der Waals surface area contributed by atoms with Crippen LogP contribution in [0.4, 0.5) is 5.69 Å². The van der Waals surface area contributed by atoms with E-state index in [2.05, 4.69) is 31.4 Å². The fourth-order valence-corrected chi connectivity index (χ4v) is 1.63. The lowest BCUT2D eigenvalue weighted by Gasteiger charge is -2.21. The van der Waals surface area contributed by atoms with Crippen molar-refractivity contribution in [3.05, 3.63) is 23.3 Å². The molecule has 0 saturated carbocycles. The summed E-state index contributed by atoms with van der Waals surface area (Å²) in [7, 11) is 0. The quantitative estimate of drug-likeness (QED) is 0.556. The number of rotatable bonds is 4. The van der Waals surface area contributed by atoms with E-state index in [4.69, 9.17) is 0 Å². The molecular weight excluding hydrogens is 212 g/mol. The standard InChI is InChI=1S/C14H24N2O/c1-10-9-13(17)11(2)8-12(10)15-6-7-16-14(3,4)5/h8-9,15-17H,6-7H2,1-5H3. The van der Waals surface area contributed by atoms with Gasteiger partial charge in [-0.1, -0.05) is 0 Å². The number of benzene rings is 1. The van der Waals surface area contributed by atoms with Gasteiger partial charge in [-0.25, -0.2) is 0 Å². The van der Waals surface area contributed by atoms with Gasteiger partial charge in [0, 0.05) is 24.3 Å². The first-order valence-electron chi connectivity index (χ1n) is 6.09. The molecule has 0 aliphatic rings. The lowest BCUT2D eigenvalue weighted by Crippen LogP contribution is -2.38. The van der Waals surface area contributed by atoms with E-state index in [0.717, 1.165) is 29.9 Å². The molecule has 0 amide bonds. The van der Waals surface area contributed by atoms with Crippen molar-refractivity contribution in [2.45, 2.75) is 40.2 Å². The van der Waals surface area contributed by atoms with E-state index in [9.17, 15) is 5.11 Å². The molecule has 3 heteroatoms.